The minimum Gasteiger partial charge on any atom is -0.316 e. The van der Waals surface area contributed by atoms with Crippen LogP contribution in [0.15, 0.2) is 12.7 Å². The van der Waals surface area contributed by atoms with E-state index in [2.05, 4.69) is 11.9 Å². The molecule has 0 radical (unpaired) electrons. The summed E-state index contributed by atoms with van der Waals surface area (Å²) in [6.07, 6.45) is 2.21. The maximum absolute atomic E-state index is 11.9. The summed E-state index contributed by atoms with van der Waals surface area (Å²) in [7, 11) is 0. The van der Waals surface area contributed by atoms with Gasteiger partial charge in [0.1, 0.15) is 0 Å². The standard InChI is InChI=1S/C10H18F3NS/c1-4-9(3,8-14-5-2)6-7-15-10(11,12)13/h4,14H,1,5-8H2,2-3H3. The smallest absolute Gasteiger partial charge is 0.316 e. The molecule has 0 heterocycles. The molecule has 0 rings (SSSR count). The van der Waals surface area contributed by atoms with Crippen LogP contribution in [0.5, 0.6) is 0 Å². The number of alkyl halides is 3. The molecule has 15 heavy (non-hydrogen) atoms. The van der Waals surface area contributed by atoms with Gasteiger partial charge in [0.25, 0.3) is 0 Å². The van der Waals surface area contributed by atoms with Crippen molar-refractivity contribution in [2.24, 2.45) is 5.41 Å². The van der Waals surface area contributed by atoms with Crippen LogP contribution in [-0.2, 0) is 0 Å². The molecule has 0 aliphatic rings. The predicted octanol–water partition coefficient (Wildman–Crippen LogP) is 3.43. The predicted molar refractivity (Wildman–Crippen MR) is 60.0 cm³/mol. The number of hydrogen-bond acceptors (Lipinski definition) is 2. The van der Waals surface area contributed by atoms with Gasteiger partial charge in [0.2, 0.25) is 0 Å². The number of nitrogens with one attached hydrogen (secondary N) is 1. The topological polar surface area (TPSA) is 12.0 Å². The Balaban J connectivity index is 3.93. The lowest BCUT2D eigenvalue weighted by atomic mass is 9.88. The lowest BCUT2D eigenvalue weighted by Gasteiger charge is -2.25. The van der Waals surface area contributed by atoms with Crippen LogP contribution >= 0.6 is 11.8 Å². The van der Waals surface area contributed by atoms with Crippen LogP contribution in [0.3, 0.4) is 0 Å². The molecule has 90 valence electrons. The molecular formula is C10H18F3NS. The normalized spacial score (nSPS) is 16.1. The molecule has 0 aromatic carbocycles. The number of rotatable bonds is 7. The molecule has 1 nitrogen and oxygen atoms in total. The summed E-state index contributed by atoms with van der Waals surface area (Å²) in [5.74, 6) is 0.0808. The molecule has 0 fully saturated rings. The van der Waals surface area contributed by atoms with Crippen molar-refractivity contribution in [3.05, 3.63) is 12.7 Å². The first-order valence-corrected chi connectivity index (χ1v) is 5.86. The van der Waals surface area contributed by atoms with Gasteiger partial charge in [0.15, 0.2) is 0 Å². The first-order chi connectivity index (χ1) is 6.83. The van der Waals surface area contributed by atoms with Gasteiger partial charge in [-0.2, -0.15) is 13.2 Å². The van der Waals surface area contributed by atoms with Gasteiger partial charge in [-0.05, 0) is 18.4 Å². The maximum Gasteiger partial charge on any atom is 0.441 e. The highest BCUT2D eigenvalue weighted by molar-refractivity contribution is 8.00. The average Bonchev–Trinajstić information content (AvgIpc) is 2.13. The number of halogens is 3. The highest BCUT2D eigenvalue weighted by Crippen LogP contribution is 2.33. The van der Waals surface area contributed by atoms with Gasteiger partial charge in [-0.3, -0.25) is 0 Å². The van der Waals surface area contributed by atoms with E-state index in [9.17, 15) is 13.2 Å². The van der Waals surface area contributed by atoms with Crippen molar-refractivity contribution in [3.63, 3.8) is 0 Å². The van der Waals surface area contributed by atoms with Gasteiger partial charge >= 0.3 is 5.51 Å². The number of hydrogen-bond donors (Lipinski definition) is 1. The van der Waals surface area contributed by atoms with E-state index in [0.717, 1.165) is 6.54 Å². The van der Waals surface area contributed by atoms with E-state index in [0.29, 0.717) is 13.0 Å². The molecule has 0 saturated heterocycles. The Bertz CT molecular complexity index is 194. The lowest BCUT2D eigenvalue weighted by Crippen LogP contribution is -2.30. The SMILES string of the molecule is C=CC(C)(CCSC(F)(F)F)CNCC. The Hall–Kier alpha value is -0.160. The average molecular weight is 241 g/mol. The first kappa shape index (κ1) is 14.8. The van der Waals surface area contributed by atoms with Crippen LogP contribution in [0.4, 0.5) is 13.2 Å². The first-order valence-electron chi connectivity index (χ1n) is 4.88. The summed E-state index contributed by atoms with van der Waals surface area (Å²) in [4.78, 5) is 0. The van der Waals surface area contributed by atoms with Crippen molar-refractivity contribution < 1.29 is 13.2 Å². The van der Waals surface area contributed by atoms with Crippen LogP contribution in [0.25, 0.3) is 0 Å². The van der Waals surface area contributed by atoms with Crippen molar-refractivity contribution in [3.8, 4) is 0 Å². The monoisotopic (exact) mass is 241 g/mol. The Morgan fingerprint density at radius 1 is 1.40 bits per heavy atom. The van der Waals surface area contributed by atoms with Crippen LogP contribution in [0.2, 0.25) is 0 Å². The summed E-state index contributed by atoms with van der Waals surface area (Å²) in [6, 6.07) is 0. The Morgan fingerprint density at radius 2 is 2.00 bits per heavy atom. The fourth-order valence-electron chi connectivity index (χ4n) is 1.07. The maximum atomic E-state index is 11.9. The van der Waals surface area contributed by atoms with Gasteiger partial charge in [-0.1, -0.05) is 31.7 Å². The molecule has 0 aromatic heterocycles. The van der Waals surface area contributed by atoms with Crippen LogP contribution < -0.4 is 5.32 Å². The van der Waals surface area contributed by atoms with Crippen molar-refractivity contribution in [1.82, 2.24) is 5.32 Å². The Labute approximate surface area is 93.5 Å². The van der Waals surface area contributed by atoms with Crippen LogP contribution in [-0.4, -0.2) is 24.4 Å². The molecule has 1 atom stereocenters. The molecule has 0 bridgehead atoms. The third kappa shape index (κ3) is 7.73. The van der Waals surface area contributed by atoms with Crippen molar-refractivity contribution >= 4 is 11.8 Å². The van der Waals surface area contributed by atoms with E-state index in [1.54, 1.807) is 6.08 Å². The molecule has 0 aromatic rings. The summed E-state index contributed by atoms with van der Waals surface area (Å²) in [6.45, 7) is 9.04. The molecule has 0 aliphatic carbocycles. The van der Waals surface area contributed by atoms with E-state index < -0.39 is 5.51 Å². The third-order valence-corrected chi connectivity index (χ3v) is 2.95. The summed E-state index contributed by atoms with van der Waals surface area (Å²) >= 11 is 0.0337. The van der Waals surface area contributed by atoms with Crippen molar-refractivity contribution in [2.45, 2.75) is 25.8 Å². The van der Waals surface area contributed by atoms with Crippen LogP contribution in [0.1, 0.15) is 20.3 Å². The van der Waals surface area contributed by atoms with E-state index in [1.165, 1.54) is 0 Å². The summed E-state index contributed by atoms with van der Waals surface area (Å²) in [5.41, 5.74) is -4.38. The lowest BCUT2D eigenvalue weighted by molar-refractivity contribution is -0.0328. The second kappa shape index (κ2) is 6.43. The molecular weight excluding hydrogens is 223 g/mol. The largest absolute Gasteiger partial charge is 0.441 e. The second-order valence-electron chi connectivity index (χ2n) is 3.68. The zero-order valence-electron chi connectivity index (χ0n) is 9.16. The van der Waals surface area contributed by atoms with E-state index in [-0.39, 0.29) is 22.9 Å². The zero-order chi connectivity index (χ0) is 11.9. The zero-order valence-corrected chi connectivity index (χ0v) is 9.97. The van der Waals surface area contributed by atoms with Crippen LogP contribution in [0, 0.1) is 5.41 Å². The number of thioether (sulfide) groups is 1. The minimum atomic E-state index is -4.12. The van der Waals surface area contributed by atoms with Gasteiger partial charge in [-0.15, -0.1) is 6.58 Å². The molecule has 0 spiro atoms. The highest BCUT2D eigenvalue weighted by Gasteiger charge is 2.29. The van der Waals surface area contributed by atoms with Gasteiger partial charge in [0, 0.05) is 12.3 Å². The summed E-state index contributed by atoms with van der Waals surface area (Å²) in [5, 5.41) is 3.13. The van der Waals surface area contributed by atoms with Gasteiger partial charge in [-0.25, -0.2) is 0 Å². The molecule has 0 amide bonds. The second-order valence-corrected chi connectivity index (χ2v) is 4.84. The van der Waals surface area contributed by atoms with E-state index in [4.69, 9.17) is 0 Å². The molecule has 0 aliphatic heterocycles. The molecule has 5 heteroatoms. The van der Waals surface area contributed by atoms with E-state index >= 15 is 0 Å². The molecule has 1 N–H and O–H groups in total. The van der Waals surface area contributed by atoms with Crippen molar-refractivity contribution in [2.75, 3.05) is 18.8 Å². The fourth-order valence-corrected chi connectivity index (χ4v) is 1.87. The summed E-state index contributed by atoms with van der Waals surface area (Å²) < 4.78 is 35.7. The molecule has 0 saturated carbocycles. The van der Waals surface area contributed by atoms with Gasteiger partial charge in [0.05, 0.1) is 0 Å². The Morgan fingerprint density at radius 3 is 2.40 bits per heavy atom. The van der Waals surface area contributed by atoms with Crippen molar-refractivity contribution in [1.29, 1.82) is 0 Å². The van der Waals surface area contributed by atoms with Gasteiger partial charge < -0.3 is 5.32 Å². The highest BCUT2D eigenvalue weighted by atomic mass is 32.2. The third-order valence-electron chi connectivity index (χ3n) is 2.21. The fraction of sp³-hybridized carbons (Fsp3) is 0.800. The van der Waals surface area contributed by atoms with E-state index in [1.807, 2.05) is 13.8 Å². The Kier molecular flexibility index (Phi) is 6.36. The quantitative estimate of drug-likeness (QED) is 0.685. The molecule has 1 unspecified atom stereocenters. The minimum absolute atomic E-state index is 0.0337.